The van der Waals surface area contributed by atoms with Crippen LogP contribution in [0.5, 0.6) is 0 Å². The van der Waals surface area contributed by atoms with Crippen LogP contribution in [0.25, 0.3) is 0 Å². The van der Waals surface area contributed by atoms with Crippen molar-refractivity contribution in [3.05, 3.63) is 69.1 Å². The van der Waals surface area contributed by atoms with Gasteiger partial charge in [0.05, 0.1) is 17.5 Å². The van der Waals surface area contributed by atoms with Gasteiger partial charge in [-0.15, -0.1) is 0 Å². The van der Waals surface area contributed by atoms with Gasteiger partial charge in [-0.1, -0.05) is 29.8 Å². The monoisotopic (exact) mass is 360 g/mol. The molecule has 2 aromatic rings. The fourth-order valence-electron chi connectivity index (χ4n) is 2.57. The van der Waals surface area contributed by atoms with Gasteiger partial charge in [0.25, 0.3) is 11.5 Å². The number of aromatic nitrogens is 1. The molecule has 1 saturated carbocycles. The first-order chi connectivity index (χ1) is 11.9. The van der Waals surface area contributed by atoms with Crippen LogP contribution in [0, 0.1) is 5.41 Å². The third kappa shape index (κ3) is 3.74. The molecule has 7 heteroatoms. The standard InChI is InChI=1S/C18H17ClN2O4/c19-14-4-2-1-3-12(14)9-21-10-13(5-6-15(21)22)16(23)20-11-18(7-8-18)17(24)25/h1-6,10H,7-9,11H2,(H,20,23)(H,24,25). The molecule has 6 nitrogen and oxygen atoms in total. The van der Waals surface area contributed by atoms with Crippen LogP contribution in [0.1, 0.15) is 28.8 Å². The molecule has 1 aliphatic rings. The number of hydrogen-bond acceptors (Lipinski definition) is 3. The zero-order valence-corrected chi connectivity index (χ0v) is 14.1. The molecule has 0 spiro atoms. The van der Waals surface area contributed by atoms with Crippen LogP contribution < -0.4 is 10.9 Å². The van der Waals surface area contributed by atoms with E-state index < -0.39 is 17.3 Å². The molecule has 0 radical (unpaired) electrons. The van der Waals surface area contributed by atoms with Crippen molar-refractivity contribution < 1.29 is 14.7 Å². The average Bonchev–Trinajstić information content (AvgIpc) is 3.38. The summed E-state index contributed by atoms with van der Waals surface area (Å²) in [5.41, 5.74) is -0.0121. The van der Waals surface area contributed by atoms with Gasteiger partial charge in [0, 0.05) is 23.8 Å². The Morgan fingerprint density at radius 3 is 2.56 bits per heavy atom. The second-order valence-corrected chi connectivity index (χ2v) is 6.65. The summed E-state index contributed by atoms with van der Waals surface area (Å²) in [5.74, 6) is -1.29. The molecule has 1 heterocycles. The first-order valence-electron chi connectivity index (χ1n) is 7.87. The topological polar surface area (TPSA) is 88.4 Å². The second kappa shape index (κ2) is 6.72. The predicted octanol–water partition coefficient (Wildman–Crippen LogP) is 2.14. The van der Waals surface area contributed by atoms with Crippen LogP contribution in [0.4, 0.5) is 0 Å². The molecule has 1 aromatic heterocycles. The Kier molecular flexibility index (Phi) is 4.63. The summed E-state index contributed by atoms with van der Waals surface area (Å²) in [6.45, 7) is 0.337. The first kappa shape index (κ1) is 17.2. The lowest BCUT2D eigenvalue weighted by molar-refractivity contribution is -0.143. The summed E-state index contributed by atoms with van der Waals surface area (Å²) in [5, 5.41) is 12.3. The minimum atomic E-state index is -0.892. The van der Waals surface area contributed by atoms with Gasteiger partial charge in [-0.25, -0.2) is 0 Å². The number of carbonyl (C=O) groups is 2. The molecule has 0 aliphatic heterocycles. The van der Waals surface area contributed by atoms with E-state index >= 15 is 0 Å². The van der Waals surface area contributed by atoms with Crippen molar-refractivity contribution in [1.82, 2.24) is 9.88 Å². The van der Waals surface area contributed by atoms with E-state index in [9.17, 15) is 14.4 Å². The van der Waals surface area contributed by atoms with E-state index in [4.69, 9.17) is 16.7 Å². The highest BCUT2D eigenvalue weighted by Gasteiger charge is 2.50. The van der Waals surface area contributed by atoms with E-state index in [0.717, 1.165) is 5.56 Å². The smallest absolute Gasteiger partial charge is 0.311 e. The van der Waals surface area contributed by atoms with Gasteiger partial charge < -0.3 is 15.0 Å². The number of carbonyl (C=O) groups excluding carboxylic acids is 1. The highest BCUT2D eigenvalue weighted by atomic mass is 35.5. The third-order valence-corrected chi connectivity index (χ3v) is 4.81. The number of carboxylic acid groups (broad SMARTS) is 1. The number of hydrogen-bond donors (Lipinski definition) is 2. The van der Waals surface area contributed by atoms with E-state index in [1.165, 1.54) is 22.9 Å². The van der Waals surface area contributed by atoms with Gasteiger partial charge >= 0.3 is 5.97 Å². The molecule has 25 heavy (non-hydrogen) atoms. The maximum Gasteiger partial charge on any atom is 0.311 e. The van der Waals surface area contributed by atoms with Crippen LogP contribution in [0.2, 0.25) is 5.02 Å². The molecule has 3 rings (SSSR count). The Morgan fingerprint density at radius 1 is 1.20 bits per heavy atom. The summed E-state index contributed by atoms with van der Waals surface area (Å²) in [7, 11) is 0. The van der Waals surface area contributed by atoms with E-state index in [2.05, 4.69) is 5.32 Å². The van der Waals surface area contributed by atoms with Crippen LogP contribution in [-0.4, -0.2) is 28.1 Å². The van der Waals surface area contributed by atoms with Gasteiger partial charge in [-0.3, -0.25) is 14.4 Å². The van der Waals surface area contributed by atoms with Crippen molar-refractivity contribution in [2.45, 2.75) is 19.4 Å². The van der Waals surface area contributed by atoms with E-state index in [-0.39, 0.29) is 18.6 Å². The fourth-order valence-corrected chi connectivity index (χ4v) is 2.76. The van der Waals surface area contributed by atoms with Crippen molar-refractivity contribution >= 4 is 23.5 Å². The summed E-state index contributed by atoms with van der Waals surface area (Å²) in [4.78, 5) is 35.5. The van der Waals surface area contributed by atoms with E-state index in [1.54, 1.807) is 12.1 Å². The van der Waals surface area contributed by atoms with Crippen LogP contribution >= 0.6 is 11.6 Å². The lowest BCUT2D eigenvalue weighted by atomic mass is 10.1. The minimum Gasteiger partial charge on any atom is -0.481 e. The van der Waals surface area contributed by atoms with Gasteiger partial charge in [0.1, 0.15) is 0 Å². The summed E-state index contributed by atoms with van der Waals surface area (Å²) >= 11 is 6.12. The summed E-state index contributed by atoms with van der Waals surface area (Å²) < 4.78 is 1.40. The molecular weight excluding hydrogens is 344 g/mol. The number of benzene rings is 1. The van der Waals surface area contributed by atoms with Crippen molar-refractivity contribution in [3.8, 4) is 0 Å². The Hall–Kier alpha value is -2.60. The zero-order valence-electron chi connectivity index (χ0n) is 13.4. The van der Waals surface area contributed by atoms with Gasteiger partial charge in [0.2, 0.25) is 0 Å². The molecule has 2 N–H and O–H groups in total. The third-order valence-electron chi connectivity index (χ3n) is 4.44. The molecular formula is C18H17ClN2O4. The molecule has 0 unspecified atom stereocenters. The number of halogens is 1. The molecule has 0 saturated heterocycles. The Bertz CT molecular complexity index is 887. The first-order valence-corrected chi connectivity index (χ1v) is 8.25. The van der Waals surface area contributed by atoms with Crippen molar-refractivity contribution in [3.63, 3.8) is 0 Å². The number of nitrogens with zero attached hydrogens (tertiary/aromatic N) is 1. The Balaban J connectivity index is 1.75. The maximum atomic E-state index is 12.3. The van der Waals surface area contributed by atoms with Gasteiger partial charge in [0.15, 0.2) is 0 Å². The quantitative estimate of drug-likeness (QED) is 0.826. The van der Waals surface area contributed by atoms with Crippen LogP contribution in [0.15, 0.2) is 47.4 Å². The normalized spacial score (nSPS) is 14.8. The van der Waals surface area contributed by atoms with Crippen LogP contribution in [0.3, 0.4) is 0 Å². The van der Waals surface area contributed by atoms with Gasteiger partial charge in [-0.05, 0) is 30.5 Å². The molecule has 0 atom stereocenters. The molecule has 0 bridgehead atoms. The average molecular weight is 361 g/mol. The van der Waals surface area contributed by atoms with Crippen LogP contribution in [-0.2, 0) is 11.3 Å². The lowest BCUT2D eigenvalue weighted by Gasteiger charge is -2.12. The molecule has 130 valence electrons. The number of rotatable bonds is 6. The Morgan fingerprint density at radius 2 is 1.92 bits per heavy atom. The fraction of sp³-hybridized carbons (Fsp3) is 0.278. The van der Waals surface area contributed by atoms with E-state index in [0.29, 0.717) is 23.4 Å². The highest BCUT2D eigenvalue weighted by molar-refractivity contribution is 6.31. The second-order valence-electron chi connectivity index (χ2n) is 6.24. The highest BCUT2D eigenvalue weighted by Crippen LogP contribution is 2.45. The van der Waals surface area contributed by atoms with Crippen molar-refractivity contribution in [1.29, 1.82) is 0 Å². The van der Waals surface area contributed by atoms with E-state index in [1.807, 2.05) is 12.1 Å². The number of amides is 1. The predicted molar refractivity (Wildman–Crippen MR) is 92.9 cm³/mol. The number of aliphatic carboxylic acids is 1. The number of pyridine rings is 1. The number of nitrogens with one attached hydrogen (secondary N) is 1. The molecule has 1 aliphatic carbocycles. The zero-order chi connectivity index (χ0) is 18.0. The minimum absolute atomic E-state index is 0.0881. The summed E-state index contributed by atoms with van der Waals surface area (Å²) in [6.07, 6.45) is 2.59. The molecule has 1 fully saturated rings. The molecule has 1 aromatic carbocycles. The van der Waals surface area contributed by atoms with Gasteiger partial charge in [-0.2, -0.15) is 0 Å². The van der Waals surface area contributed by atoms with Crippen molar-refractivity contribution in [2.75, 3.05) is 6.54 Å². The lowest BCUT2D eigenvalue weighted by Crippen LogP contribution is -2.34. The molecule has 1 amide bonds. The maximum absolute atomic E-state index is 12.3. The van der Waals surface area contributed by atoms with Crippen molar-refractivity contribution in [2.24, 2.45) is 5.41 Å². The SMILES string of the molecule is O=C(NCC1(C(=O)O)CC1)c1ccc(=O)n(Cc2ccccc2Cl)c1. The summed E-state index contributed by atoms with van der Waals surface area (Å²) in [6, 6.07) is 9.92. The number of carboxylic acids is 1. The largest absolute Gasteiger partial charge is 0.481 e. The Labute approximate surface area is 149 Å².